The van der Waals surface area contributed by atoms with Crippen molar-refractivity contribution in [2.45, 2.75) is 40.7 Å². The van der Waals surface area contributed by atoms with Gasteiger partial charge in [-0.15, -0.1) is 11.3 Å². The van der Waals surface area contributed by atoms with Crippen LogP contribution in [0.15, 0.2) is 41.3 Å². The molecule has 1 amide bonds. The summed E-state index contributed by atoms with van der Waals surface area (Å²) in [6.45, 7) is 8.46. The Morgan fingerprint density at radius 3 is 2.51 bits per heavy atom. The number of aliphatic carboxylic acids is 1. The molecule has 0 aliphatic carbocycles. The first-order valence-corrected chi connectivity index (χ1v) is 13.0. The second kappa shape index (κ2) is 12.2. The normalized spacial score (nSPS) is 12.0. The summed E-state index contributed by atoms with van der Waals surface area (Å²) >= 11 is 13.6. The monoisotopic (exact) mass is 564 g/mol. The van der Waals surface area contributed by atoms with Gasteiger partial charge in [0.2, 0.25) is 0 Å². The van der Waals surface area contributed by atoms with Crippen LogP contribution in [-0.4, -0.2) is 28.6 Å². The van der Waals surface area contributed by atoms with Crippen LogP contribution in [0.5, 0.6) is 0 Å². The minimum absolute atomic E-state index is 0.0455. The molecule has 3 aromatic rings. The molecule has 0 radical (unpaired) electrons. The number of nitrogens with one attached hydrogen (secondary N) is 1. The van der Waals surface area contributed by atoms with Crippen LogP contribution in [0.2, 0.25) is 10.0 Å². The van der Waals surface area contributed by atoms with Gasteiger partial charge in [0.1, 0.15) is 5.82 Å². The Morgan fingerprint density at radius 1 is 1.22 bits per heavy atom. The van der Waals surface area contributed by atoms with Gasteiger partial charge in [0.25, 0.3) is 5.91 Å². The summed E-state index contributed by atoms with van der Waals surface area (Å²) in [5.74, 6) is -2.04. The highest BCUT2D eigenvalue weighted by molar-refractivity contribution is 7.14. The van der Waals surface area contributed by atoms with E-state index in [0.717, 1.165) is 17.8 Å². The largest absolute Gasteiger partial charge is 0.478 e. The third-order valence-electron chi connectivity index (χ3n) is 5.37. The van der Waals surface area contributed by atoms with E-state index in [-0.39, 0.29) is 38.3 Å². The van der Waals surface area contributed by atoms with E-state index in [1.54, 1.807) is 23.6 Å². The topological polar surface area (TPSA) is 88.5 Å². The molecule has 2 aromatic carbocycles. The average Bonchev–Trinajstić information content (AvgIpc) is 3.27. The van der Waals surface area contributed by atoms with Crippen molar-refractivity contribution in [3.05, 3.63) is 73.8 Å². The Balaban J connectivity index is 1.73. The smallest absolute Gasteiger partial charge is 0.331 e. The van der Waals surface area contributed by atoms with Crippen molar-refractivity contribution in [3.8, 4) is 11.3 Å². The van der Waals surface area contributed by atoms with Crippen LogP contribution in [0.25, 0.3) is 17.3 Å². The molecule has 37 heavy (non-hydrogen) atoms. The number of carbonyl (C=O) groups excluding carboxylic acids is 1. The van der Waals surface area contributed by atoms with E-state index in [9.17, 15) is 9.59 Å². The van der Waals surface area contributed by atoms with Crippen LogP contribution >= 0.6 is 34.5 Å². The molecule has 0 saturated heterocycles. The second-order valence-electron chi connectivity index (χ2n) is 9.62. The molecule has 2 N–H and O–H groups in total. The summed E-state index contributed by atoms with van der Waals surface area (Å²) in [6, 6.07) is 7.82. The first-order valence-electron chi connectivity index (χ1n) is 11.4. The van der Waals surface area contributed by atoms with Gasteiger partial charge < -0.3 is 9.84 Å². The van der Waals surface area contributed by atoms with E-state index in [0.29, 0.717) is 29.0 Å². The van der Waals surface area contributed by atoms with Crippen molar-refractivity contribution in [3.63, 3.8) is 0 Å². The summed E-state index contributed by atoms with van der Waals surface area (Å²) < 4.78 is 20.8. The molecule has 0 spiro atoms. The van der Waals surface area contributed by atoms with E-state index < -0.39 is 17.7 Å². The molecule has 0 fully saturated rings. The number of ether oxygens (including phenoxy) is 1. The van der Waals surface area contributed by atoms with Crippen molar-refractivity contribution in [2.24, 2.45) is 5.41 Å². The number of halogens is 3. The number of thiazole rings is 1. The fourth-order valence-corrected chi connectivity index (χ4v) is 4.51. The van der Waals surface area contributed by atoms with Gasteiger partial charge in [0.05, 0.1) is 22.3 Å². The molecular formula is C27H27Cl2FN2O4S. The summed E-state index contributed by atoms with van der Waals surface area (Å²) in [7, 11) is 0. The first kappa shape index (κ1) is 28.8. The van der Waals surface area contributed by atoms with Crippen molar-refractivity contribution in [1.29, 1.82) is 0 Å². The highest BCUT2D eigenvalue weighted by Crippen LogP contribution is 2.31. The maximum atomic E-state index is 15.1. The van der Waals surface area contributed by atoms with Crippen molar-refractivity contribution >= 4 is 57.6 Å². The number of benzene rings is 2. The predicted octanol–water partition coefficient (Wildman–Crippen LogP) is 7.95. The van der Waals surface area contributed by atoms with Gasteiger partial charge in [-0.2, -0.15) is 0 Å². The third-order valence-corrected chi connectivity index (χ3v) is 6.76. The van der Waals surface area contributed by atoms with E-state index in [1.807, 2.05) is 0 Å². The highest BCUT2D eigenvalue weighted by atomic mass is 35.5. The molecule has 0 aliphatic rings. The van der Waals surface area contributed by atoms with Crippen molar-refractivity contribution in [2.75, 3.05) is 11.9 Å². The number of aromatic nitrogens is 1. The van der Waals surface area contributed by atoms with Crippen LogP contribution in [0.3, 0.4) is 0 Å². The highest BCUT2D eigenvalue weighted by Gasteiger charge is 2.17. The number of carbonyl (C=O) groups is 2. The van der Waals surface area contributed by atoms with E-state index >= 15 is 4.39 Å². The zero-order valence-electron chi connectivity index (χ0n) is 20.8. The third kappa shape index (κ3) is 7.85. The summed E-state index contributed by atoms with van der Waals surface area (Å²) in [5, 5.41) is 13.9. The molecular weight excluding hydrogens is 538 g/mol. The lowest BCUT2D eigenvalue weighted by Gasteiger charge is -2.17. The van der Waals surface area contributed by atoms with Crippen LogP contribution in [0.1, 0.15) is 55.6 Å². The Labute approximate surface area is 229 Å². The van der Waals surface area contributed by atoms with Crippen LogP contribution in [0.4, 0.5) is 9.52 Å². The lowest BCUT2D eigenvalue weighted by atomic mass is 9.93. The summed E-state index contributed by atoms with van der Waals surface area (Å²) in [5.41, 5.74) is 1.77. The average molecular weight is 565 g/mol. The minimum Gasteiger partial charge on any atom is -0.478 e. The van der Waals surface area contributed by atoms with E-state index in [2.05, 4.69) is 31.1 Å². The van der Waals surface area contributed by atoms with Gasteiger partial charge in [-0.25, -0.2) is 14.2 Å². The quantitative estimate of drug-likeness (QED) is 0.203. The van der Waals surface area contributed by atoms with Gasteiger partial charge in [-0.05, 0) is 43.0 Å². The lowest BCUT2D eigenvalue weighted by Crippen LogP contribution is -2.12. The SMILES string of the molecule is C/C(=C\c1c(Cl)cc(C(=O)Nc2nc(-c3cccc(COCCC(C)(C)C)c3F)cs2)cc1Cl)C(=O)O. The zero-order chi connectivity index (χ0) is 27.3. The van der Waals surface area contributed by atoms with E-state index in [4.69, 9.17) is 33.0 Å². The zero-order valence-corrected chi connectivity index (χ0v) is 23.2. The Morgan fingerprint density at radius 2 is 1.89 bits per heavy atom. The Hall–Kier alpha value is -2.78. The number of carboxylic acids is 1. The molecule has 0 saturated carbocycles. The fraction of sp³-hybridized carbons (Fsp3) is 0.296. The maximum absolute atomic E-state index is 15.1. The molecule has 1 aromatic heterocycles. The van der Waals surface area contributed by atoms with Crippen LogP contribution in [0, 0.1) is 11.2 Å². The van der Waals surface area contributed by atoms with Gasteiger partial charge in [0, 0.05) is 39.8 Å². The van der Waals surface area contributed by atoms with Crippen LogP contribution < -0.4 is 5.32 Å². The molecule has 0 unspecified atom stereocenters. The second-order valence-corrected chi connectivity index (χ2v) is 11.3. The predicted molar refractivity (Wildman–Crippen MR) is 147 cm³/mol. The van der Waals surface area contributed by atoms with E-state index in [1.165, 1.54) is 25.1 Å². The number of hydrogen-bond donors (Lipinski definition) is 2. The van der Waals surface area contributed by atoms with Crippen molar-refractivity contribution in [1.82, 2.24) is 4.98 Å². The molecule has 10 heteroatoms. The molecule has 0 atom stereocenters. The maximum Gasteiger partial charge on any atom is 0.331 e. The number of anilines is 1. The molecule has 0 bridgehead atoms. The van der Waals surface area contributed by atoms with Gasteiger partial charge in [-0.3, -0.25) is 10.1 Å². The lowest BCUT2D eigenvalue weighted by molar-refractivity contribution is -0.132. The molecule has 3 rings (SSSR count). The Bertz CT molecular complexity index is 1330. The number of carboxylic acid groups (broad SMARTS) is 1. The first-order chi connectivity index (χ1) is 17.4. The standard InChI is InChI=1S/C27H27Cl2FN2O4S/c1-15(25(34)35)10-19-20(28)11-17(12-21(19)29)24(33)32-26-31-22(14-37-26)18-7-5-6-16(23(18)30)13-36-9-8-27(2,3)4/h5-7,10-12,14H,8-9,13H2,1-4H3,(H,34,35)(H,31,32,33)/b15-10+. The number of amides is 1. The fourth-order valence-electron chi connectivity index (χ4n) is 3.21. The molecule has 1 heterocycles. The van der Waals surface area contributed by atoms with Gasteiger partial charge >= 0.3 is 5.97 Å². The number of rotatable bonds is 9. The molecule has 196 valence electrons. The van der Waals surface area contributed by atoms with Gasteiger partial charge in [0.15, 0.2) is 5.13 Å². The van der Waals surface area contributed by atoms with Crippen LogP contribution in [-0.2, 0) is 16.1 Å². The number of nitrogens with zero attached hydrogens (tertiary/aromatic N) is 1. The van der Waals surface area contributed by atoms with Gasteiger partial charge in [-0.1, -0.05) is 56.1 Å². The minimum atomic E-state index is -1.11. The Kier molecular flexibility index (Phi) is 9.47. The summed E-state index contributed by atoms with van der Waals surface area (Å²) in [6.07, 6.45) is 2.20. The molecule has 0 aliphatic heterocycles. The summed E-state index contributed by atoms with van der Waals surface area (Å²) in [4.78, 5) is 28.2. The molecule has 6 nitrogen and oxygen atoms in total. The number of hydrogen-bond acceptors (Lipinski definition) is 5. The van der Waals surface area contributed by atoms with Crippen molar-refractivity contribution < 1.29 is 23.8 Å².